The Morgan fingerprint density at radius 1 is 1.53 bits per heavy atom. The number of carbonyl (C=O) groups excluding carboxylic acids is 1. The van der Waals surface area contributed by atoms with Gasteiger partial charge in [-0.15, -0.1) is 0 Å². The Morgan fingerprint density at radius 3 is 3.05 bits per heavy atom. The van der Waals surface area contributed by atoms with Gasteiger partial charge in [0.2, 0.25) is 5.91 Å². The summed E-state index contributed by atoms with van der Waals surface area (Å²) in [5.74, 6) is 1.01. The largest absolute Gasteiger partial charge is 0.494 e. The summed E-state index contributed by atoms with van der Waals surface area (Å²) >= 11 is 3.39. The predicted molar refractivity (Wildman–Crippen MR) is 78.0 cm³/mol. The Bertz CT molecular complexity index is 439. The van der Waals surface area contributed by atoms with E-state index < -0.39 is 0 Å². The SMILES string of the molecule is N[C@@H]1CCN(C(=O)CCCOc2cccc(Br)c2)C1. The molecule has 104 valence electrons. The highest BCUT2D eigenvalue weighted by atomic mass is 79.9. The molecule has 2 N–H and O–H groups in total. The van der Waals surface area contributed by atoms with Crippen molar-refractivity contribution in [1.82, 2.24) is 4.90 Å². The van der Waals surface area contributed by atoms with Crippen LogP contribution in [0, 0.1) is 0 Å². The maximum absolute atomic E-state index is 11.9. The van der Waals surface area contributed by atoms with Gasteiger partial charge in [-0.05, 0) is 31.0 Å². The zero-order valence-electron chi connectivity index (χ0n) is 10.8. The number of hydrogen-bond acceptors (Lipinski definition) is 3. The van der Waals surface area contributed by atoms with Gasteiger partial charge in [0.05, 0.1) is 6.61 Å². The van der Waals surface area contributed by atoms with Crippen molar-refractivity contribution in [2.45, 2.75) is 25.3 Å². The topological polar surface area (TPSA) is 55.6 Å². The molecule has 19 heavy (non-hydrogen) atoms. The second-order valence-electron chi connectivity index (χ2n) is 4.80. The summed E-state index contributed by atoms with van der Waals surface area (Å²) in [5.41, 5.74) is 5.78. The quantitative estimate of drug-likeness (QED) is 0.844. The molecule has 1 aliphatic rings. The van der Waals surface area contributed by atoms with E-state index in [9.17, 15) is 4.79 Å². The monoisotopic (exact) mass is 326 g/mol. The lowest BCUT2D eigenvalue weighted by Crippen LogP contribution is -2.31. The van der Waals surface area contributed by atoms with Gasteiger partial charge in [0, 0.05) is 30.0 Å². The molecule has 1 atom stereocenters. The summed E-state index contributed by atoms with van der Waals surface area (Å²) < 4.78 is 6.59. The number of rotatable bonds is 5. The average molecular weight is 327 g/mol. The standard InChI is InChI=1S/C14H19BrN2O2/c15-11-3-1-4-13(9-11)19-8-2-5-14(18)17-7-6-12(16)10-17/h1,3-4,9,12H,2,5-8,10,16H2/t12-/m1/s1. The van der Waals surface area contributed by atoms with Crippen LogP contribution < -0.4 is 10.5 Å². The third-order valence-corrected chi connectivity index (χ3v) is 3.67. The average Bonchev–Trinajstić information content (AvgIpc) is 2.81. The number of nitrogens with zero attached hydrogens (tertiary/aromatic N) is 1. The summed E-state index contributed by atoms with van der Waals surface area (Å²) in [6.45, 7) is 2.06. The summed E-state index contributed by atoms with van der Waals surface area (Å²) in [5, 5.41) is 0. The number of nitrogens with two attached hydrogens (primary N) is 1. The minimum Gasteiger partial charge on any atom is -0.494 e. The first-order chi connectivity index (χ1) is 9.15. The van der Waals surface area contributed by atoms with Gasteiger partial charge in [-0.25, -0.2) is 0 Å². The molecule has 0 unspecified atom stereocenters. The van der Waals surface area contributed by atoms with Gasteiger partial charge in [0.15, 0.2) is 0 Å². The molecule has 1 aliphatic heterocycles. The molecule has 1 amide bonds. The molecule has 1 aromatic rings. The van der Waals surface area contributed by atoms with Crippen LogP contribution in [-0.2, 0) is 4.79 Å². The predicted octanol–water partition coefficient (Wildman–Crippen LogP) is 2.17. The third-order valence-electron chi connectivity index (χ3n) is 3.18. The molecular weight excluding hydrogens is 308 g/mol. The highest BCUT2D eigenvalue weighted by Crippen LogP contribution is 2.18. The second-order valence-corrected chi connectivity index (χ2v) is 5.71. The summed E-state index contributed by atoms with van der Waals surface area (Å²) in [7, 11) is 0. The van der Waals surface area contributed by atoms with Gasteiger partial charge < -0.3 is 15.4 Å². The second kappa shape index (κ2) is 6.91. The minimum absolute atomic E-state index is 0.155. The van der Waals surface area contributed by atoms with E-state index >= 15 is 0 Å². The van der Waals surface area contributed by atoms with Gasteiger partial charge in [-0.3, -0.25) is 4.79 Å². The maximum atomic E-state index is 11.9. The van der Waals surface area contributed by atoms with Crippen molar-refractivity contribution in [3.63, 3.8) is 0 Å². The van der Waals surface area contributed by atoms with E-state index in [0.717, 1.165) is 29.6 Å². The van der Waals surface area contributed by atoms with Crippen LogP contribution >= 0.6 is 15.9 Å². The molecule has 1 fully saturated rings. The first-order valence-electron chi connectivity index (χ1n) is 6.57. The molecule has 1 heterocycles. The normalized spacial score (nSPS) is 18.6. The maximum Gasteiger partial charge on any atom is 0.222 e. The summed E-state index contributed by atoms with van der Waals surface area (Å²) in [4.78, 5) is 13.7. The van der Waals surface area contributed by atoms with Crippen LogP contribution in [0.4, 0.5) is 0 Å². The van der Waals surface area contributed by atoms with E-state index in [-0.39, 0.29) is 11.9 Å². The lowest BCUT2D eigenvalue weighted by atomic mass is 10.3. The van der Waals surface area contributed by atoms with E-state index in [1.54, 1.807) is 0 Å². The molecule has 2 rings (SSSR count). The number of hydrogen-bond donors (Lipinski definition) is 1. The molecule has 0 saturated carbocycles. The Balaban J connectivity index is 1.65. The van der Waals surface area contributed by atoms with E-state index in [0.29, 0.717) is 19.6 Å². The number of carbonyl (C=O) groups is 1. The van der Waals surface area contributed by atoms with Crippen LogP contribution in [-0.4, -0.2) is 36.5 Å². The van der Waals surface area contributed by atoms with Crippen molar-refractivity contribution in [3.05, 3.63) is 28.7 Å². The molecule has 0 bridgehead atoms. The van der Waals surface area contributed by atoms with Crippen LogP contribution in [0.1, 0.15) is 19.3 Å². The van der Waals surface area contributed by atoms with Crippen molar-refractivity contribution < 1.29 is 9.53 Å². The number of halogens is 1. The van der Waals surface area contributed by atoms with Crippen molar-refractivity contribution in [3.8, 4) is 5.75 Å². The zero-order chi connectivity index (χ0) is 13.7. The molecule has 0 aromatic heterocycles. The first kappa shape index (κ1) is 14.3. The van der Waals surface area contributed by atoms with Crippen LogP contribution in [0.2, 0.25) is 0 Å². The van der Waals surface area contributed by atoms with Gasteiger partial charge in [0.1, 0.15) is 5.75 Å². The van der Waals surface area contributed by atoms with Crippen LogP contribution in [0.15, 0.2) is 28.7 Å². The highest BCUT2D eigenvalue weighted by Gasteiger charge is 2.22. The number of benzene rings is 1. The molecule has 1 saturated heterocycles. The smallest absolute Gasteiger partial charge is 0.222 e. The lowest BCUT2D eigenvalue weighted by molar-refractivity contribution is -0.130. The third kappa shape index (κ3) is 4.51. The minimum atomic E-state index is 0.155. The van der Waals surface area contributed by atoms with Crippen molar-refractivity contribution in [2.75, 3.05) is 19.7 Å². The van der Waals surface area contributed by atoms with E-state index in [4.69, 9.17) is 10.5 Å². The van der Waals surface area contributed by atoms with Gasteiger partial charge >= 0.3 is 0 Å². The van der Waals surface area contributed by atoms with E-state index in [1.807, 2.05) is 29.2 Å². The molecule has 5 heteroatoms. The molecular formula is C14H19BrN2O2. The molecule has 0 radical (unpaired) electrons. The number of likely N-dealkylation sites (tertiary alicyclic amines) is 1. The van der Waals surface area contributed by atoms with E-state index in [2.05, 4.69) is 15.9 Å². The fourth-order valence-electron chi connectivity index (χ4n) is 2.14. The Labute approximate surface area is 122 Å². The number of amides is 1. The first-order valence-corrected chi connectivity index (χ1v) is 7.36. The fourth-order valence-corrected chi connectivity index (χ4v) is 2.52. The van der Waals surface area contributed by atoms with Crippen molar-refractivity contribution in [2.24, 2.45) is 5.73 Å². The van der Waals surface area contributed by atoms with Gasteiger partial charge in [-0.1, -0.05) is 22.0 Å². The molecule has 1 aromatic carbocycles. The van der Waals surface area contributed by atoms with Crippen molar-refractivity contribution in [1.29, 1.82) is 0 Å². The van der Waals surface area contributed by atoms with Crippen LogP contribution in [0.5, 0.6) is 5.75 Å². The van der Waals surface area contributed by atoms with Crippen LogP contribution in [0.25, 0.3) is 0 Å². The molecule has 4 nitrogen and oxygen atoms in total. The van der Waals surface area contributed by atoms with Crippen LogP contribution in [0.3, 0.4) is 0 Å². The van der Waals surface area contributed by atoms with E-state index in [1.165, 1.54) is 0 Å². The highest BCUT2D eigenvalue weighted by molar-refractivity contribution is 9.10. The molecule has 0 aliphatic carbocycles. The summed E-state index contributed by atoms with van der Waals surface area (Å²) in [6, 6.07) is 7.86. The van der Waals surface area contributed by atoms with Crippen molar-refractivity contribution >= 4 is 21.8 Å². The Hall–Kier alpha value is -1.07. The summed E-state index contributed by atoms with van der Waals surface area (Å²) in [6.07, 6.45) is 2.18. The lowest BCUT2D eigenvalue weighted by Gasteiger charge is -2.15. The molecule has 0 spiro atoms. The van der Waals surface area contributed by atoms with Gasteiger partial charge in [0.25, 0.3) is 0 Å². The van der Waals surface area contributed by atoms with Gasteiger partial charge in [-0.2, -0.15) is 0 Å². The number of ether oxygens (including phenoxy) is 1. The Kier molecular flexibility index (Phi) is 5.22. The zero-order valence-corrected chi connectivity index (χ0v) is 12.4. The fraction of sp³-hybridized carbons (Fsp3) is 0.500. The Morgan fingerprint density at radius 2 is 2.37 bits per heavy atom.